The molecule has 0 radical (unpaired) electrons. The lowest BCUT2D eigenvalue weighted by Gasteiger charge is -2.27. The highest BCUT2D eigenvalue weighted by atomic mass is 16.3. The second-order valence-corrected chi connectivity index (χ2v) is 8.07. The van der Waals surface area contributed by atoms with Gasteiger partial charge in [0.05, 0.1) is 0 Å². The predicted octanol–water partition coefficient (Wildman–Crippen LogP) is 7.02. The van der Waals surface area contributed by atoms with Crippen LogP contribution < -0.4 is 0 Å². The Morgan fingerprint density at radius 1 is 0.750 bits per heavy atom. The molecule has 0 aromatic heterocycles. The third-order valence-corrected chi connectivity index (χ3v) is 5.41. The number of hydrogen-bond acceptors (Lipinski definition) is 2. The van der Waals surface area contributed by atoms with E-state index in [1.807, 2.05) is 38.1 Å². The van der Waals surface area contributed by atoms with E-state index in [1.54, 1.807) is 0 Å². The van der Waals surface area contributed by atoms with Crippen LogP contribution in [0.4, 0.5) is 0 Å². The van der Waals surface area contributed by atoms with E-state index in [0.717, 1.165) is 35.1 Å². The molecule has 0 aliphatic carbocycles. The summed E-state index contributed by atoms with van der Waals surface area (Å²) < 4.78 is 0. The van der Waals surface area contributed by atoms with Crippen LogP contribution in [0.15, 0.2) is 60.7 Å². The number of rotatable bonds is 9. The summed E-state index contributed by atoms with van der Waals surface area (Å²) in [5.41, 5.74) is 6.45. The molecule has 0 bridgehead atoms. The lowest BCUT2D eigenvalue weighted by molar-refractivity contribution is 0.464. The van der Waals surface area contributed by atoms with Crippen molar-refractivity contribution in [1.29, 1.82) is 0 Å². The smallest absolute Gasteiger partial charge is 0.119 e. The van der Waals surface area contributed by atoms with E-state index in [2.05, 4.69) is 39.1 Å². The van der Waals surface area contributed by atoms with Crippen LogP contribution in [0.3, 0.4) is 0 Å². The molecule has 2 rings (SSSR count). The Balaban J connectivity index is 2.44. The predicted molar refractivity (Wildman–Crippen MR) is 119 cm³/mol. The van der Waals surface area contributed by atoms with E-state index < -0.39 is 0 Å². The van der Waals surface area contributed by atoms with E-state index in [9.17, 15) is 10.2 Å². The Kier molecular flexibility index (Phi) is 7.51. The van der Waals surface area contributed by atoms with Crippen LogP contribution in [0.5, 0.6) is 11.5 Å². The van der Waals surface area contributed by atoms with Crippen molar-refractivity contribution in [3.63, 3.8) is 0 Å². The maximum absolute atomic E-state index is 10.2. The van der Waals surface area contributed by atoms with Crippen molar-refractivity contribution in [2.45, 2.75) is 65.2 Å². The number of hydrogen-bond donors (Lipinski definition) is 2. The SMILES string of the molecule is C=C(C)Cc1cc([C@@H](CC)[C@@H](CC)c2ccc(O)c(CC(=C)C)c2)ccc1O. The van der Waals surface area contributed by atoms with E-state index in [-0.39, 0.29) is 0 Å². The van der Waals surface area contributed by atoms with Gasteiger partial charge in [-0.2, -0.15) is 0 Å². The average Bonchev–Trinajstić information content (AvgIpc) is 2.63. The minimum Gasteiger partial charge on any atom is -0.508 e. The highest BCUT2D eigenvalue weighted by Gasteiger charge is 2.23. The van der Waals surface area contributed by atoms with Crippen LogP contribution in [0, 0.1) is 0 Å². The molecule has 0 unspecified atom stereocenters. The summed E-state index contributed by atoms with van der Waals surface area (Å²) in [5, 5.41) is 20.4. The second kappa shape index (κ2) is 9.64. The van der Waals surface area contributed by atoms with Crippen molar-refractivity contribution < 1.29 is 10.2 Å². The first-order chi connectivity index (χ1) is 13.3. The summed E-state index contributed by atoms with van der Waals surface area (Å²) >= 11 is 0. The Bertz CT molecular complexity index is 776. The van der Waals surface area contributed by atoms with Gasteiger partial charge in [0.15, 0.2) is 0 Å². The van der Waals surface area contributed by atoms with Gasteiger partial charge in [0, 0.05) is 0 Å². The van der Waals surface area contributed by atoms with Gasteiger partial charge in [-0.25, -0.2) is 0 Å². The zero-order valence-electron chi connectivity index (χ0n) is 17.8. The van der Waals surface area contributed by atoms with Gasteiger partial charge in [0.1, 0.15) is 11.5 Å². The second-order valence-electron chi connectivity index (χ2n) is 8.07. The van der Waals surface area contributed by atoms with Crippen molar-refractivity contribution >= 4 is 0 Å². The summed E-state index contributed by atoms with van der Waals surface area (Å²) in [4.78, 5) is 0. The van der Waals surface area contributed by atoms with Crippen LogP contribution in [0.25, 0.3) is 0 Å². The van der Waals surface area contributed by atoms with E-state index in [0.29, 0.717) is 36.2 Å². The van der Waals surface area contributed by atoms with Gasteiger partial charge in [0.2, 0.25) is 0 Å². The van der Waals surface area contributed by atoms with Gasteiger partial charge in [-0.1, -0.05) is 62.4 Å². The van der Waals surface area contributed by atoms with E-state index in [4.69, 9.17) is 0 Å². The normalized spacial score (nSPS) is 13.1. The molecule has 0 aliphatic rings. The van der Waals surface area contributed by atoms with Gasteiger partial charge in [0.25, 0.3) is 0 Å². The minimum absolute atomic E-state index is 0.336. The number of allylic oxidation sites excluding steroid dienone is 2. The van der Waals surface area contributed by atoms with Crippen LogP contribution >= 0.6 is 0 Å². The molecule has 2 atom stereocenters. The molecule has 0 aliphatic heterocycles. The molecule has 2 nitrogen and oxygen atoms in total. The molecule has 0 saturated heterocycles. The Labute approximate surface area is 170 Å². The minimum atomic E-state index is 0.336. The van der Waals surface area contributed by atoms with Crippen LogP contribution in [-0.4, -0.2) is 10.2 Å². The van der Waals surface area contributed by atoms with Crippen molar-refractivity contribution in [3.05, 3.63) is 83.0 Å². The molecule has 0 fully saturated rings. The lowest BCUT2D eigenvalue weighted by atomic mass is 9.77. The summed E-state index contributed by atoms with van der Waals surface area (Å²) in [6.07, 6.45) is 3.39. The highest BCUT2D eigenvalue weighted by molar-refractivity contribution is 5.43. The standard InChI is InChI=1S/C26H34O2/c1-7-23(19-9-11-25(27)21(15-19)13-17(3)4)24(8-2)20-10-12-26(28)22(16-20)14-18(5)6/h9-12,15-16,23-24,27-28H,3,5,7-8,13-14H2,1-2,4,6H3/t23-,24+. The molecular weight excluding hydrogens is 344 g/mol. The number of phenolic OH excluding ortho intramolecular Hbond substituents is 2. The molecule has 2 aromatic carbocycles. The highest BCUT2D eigenvalue weighted by Crippen LogP contribution is 2.40. The number of aromatic hydroxyl groups is 2. The lowest BCUT2D eigenvalue weighted by Crippen LogP contribution is -2.11. The van der Waals surface area contributed by atoms with Crippen molar-refractivity contribution in [2.75, 3.05) is 0 Å². The molecule has 0 saturated carbocycles. The van der Waals surface area contributed by atoms with Gasteiger partial charge in [-0.15, -0.1) is 0 Å². The zero-order chi connectivity index (χ0) is 20.8. The van der Waals surface area contributed by atoms with E-state index >= 15 is 0 Å². The van der Waals surface area contributed by atoms with Gasteiger partial charge < -0.3 is 10.2 Å². The third-order valence-electron chi connectivity index (χ3n) is 5.41. The summed E-state index contributed by atoms with van der Waals surface area (Å²) in [7, 11) is 0. The Morgan fingerprint density at radius 3 is 1.39 bits per heavy atom. The van der Waals surface area contributed by atoms with Crippen LogP contribution in [-0.2, 0) is 12.8 Å². The Hall–Kier alpha value is -2.48. The third kappa shape index (κ3) is 5.28. The monoisotopic (exact) mass is 378 g/mol. The molecular formula is C26H34O2. The van der Waals surface area contributed by atoms with Gasteiger partial charge >= 0.3 is 0 Å². The first-order valence-corrected chi connectivity index (χ1v) is 10.2. The number of phenols is 2. The van der Waals surface area contributed by atoms with Crippen LogP contribution in [0.2, 0.25) is 0 Å². The fraction of sp³-hybridized carbons (Fsp3) is 0.385. The summed E-state index contributed by atoms with van der Waals surface area (Å²) in [5.74, 6) is 1.36. The van der Waals surface area contributed by atoms with Gasteiger partial charge in [-0.3, -0.25) is 0 Å². The fourth-order valence-electron chi connectivity index (χ4n) is 4.11. The largest absolute Gasteiger partial charge is 0.508 e. The molecule has 2 heteroatoms. The first kappa shape index (κ1) is 21.8. The first-order valence-electron chi connectivity index (χ1n) is 10.2. The molecule has 150 valence electrons. The summed E-state index contributed by atoms with van der Waals surface area (Å²) in [6.45, 7) is 16.4. The van der Waals surface area contributed by atoms with Crippen LogP contribution in [0.1, 0.15) is 74.6 Å². The van der Waals surface area contributed by atoms with Crippen molar-refractivity contribution in [1.82, 2.24) is 0 Å². The molecule has 2 N–H and O–H groups in total. The average molecular weight is 379 g/mol. The molecule has 0 spiro atoms. The van der Waals surface area contributed by atoms with Crippen molar-refractivity contribution in [3.8, 4) is 11.5 Å². The zero-order valence-corrected chi connectivity index (χ0v) is 17.8. The molecule has 2 aromatic rings. The quantitative estimate of drug-likeness (QED) is 0.460. The maximum atomic E-state index is 10.2. The fourth-order valence-corrected chi connectivity index (χ4v) is 4.11. The molecule has 28 heavy (non-hydrogen) atoms. The van der Waals surface area contributed by atoms with E-state index in [1.165, 1.54) is 11.1 Å². The molecule has 0 heterocycles. The molecule has 0 amide bonds. The Morgan fingerprint density at radius 2 is 1.11 bits per heavy atom. The van der Waals surface area contributed by atoms with Gasteiger partial charge in [-0.05, 0) is 85.8 Å². The summed E-state index contributed by atoms with van der Waals surface area (Å²) in [6, 6.07) is 12.0. The number of benzene rings is 2. The topological polar surface area (TPSA) is 40.5 Å². The van der Waals surface area contributed by atoms with Crippen molar-refractivity contribution in [2.24, 2.45) is 0 Å². The maximum Gasteiger partial charge on any atom is 0.119 e.